The second-order valence-corrected chi connectivity index (χ2v) is 8.00. The Labute approximate surface area is 177 Å². The minimum Gasteiger partial charge on any atom is -0.355 e. The predicted molar refractivity (Wildman–Crippen MR) is 114 cm³/mol. The Bertz CT molecular complexity index is 1140. The molecule has 4 aromatic heterocycles. The van der Waals surface area contributed by atoms with E-state index in [1.54, 1.807) is 17.4 Å². The third kappa shape index (κ3) is 3.59. The number of aryl methyl sites for hydroxylation is 1. The molecule has 30 heavy (non-hydrogen) atoms. The summed E-state index contributed by atoms with van der Waals surface area (Å²) in [6.45, 7) is 4.49. The van der Waals surface area contributed by atoms with Crippen LogP contribution >= 0.6 is 11.3 Å². The molecular formula is C21H20N6O2S. The SMILES string of the molecule is Cc1nc(N2CCN(C(=O)c3cc(-c4cccs4)on3)CC2)cc(-n2cccc2)n1. The van der Waals surface area contributed by atoms with Crippen LogP contribution in [0.2, 0.25) is 0 Å². The van der Waals surface area contributed by atoms with E-state index in [9.17, 15) is 4.79 Å². The molecular weight excluding hydrogens is 400 g/mol. The number of amides is 1. The number of aromatic nitrogens is 4. The van der Waals surface area contributed by atoms with Gasteiger partial charge in [-0.1, -0.05) is 11.2 Å². The van der Waals surface area contributed by atoms with E-state index < -0.39 is 0 Å². The van der Waals surface area contributed by atoms with Crippen LogP contribution in [0.1, 0.15) is 16.3 Å². The highest BCUT2D eigenvalue weighted by Crippen LogP contribution is 2.26. The molecule has 0 radical (unpaired) electrons. The van der Waals surface area contributed by atoms with Crippen LogP contribution in [0.3, 0.4) is 0 Å². The molecule has 0 aromatic carbocycles. The summed E-state index contributed by atoms with van der Waals surface area (Å²) in [4.78, 5) is 26.9. The molecule has 1 saturated heterocycles. The number of thiophene rings is 1. The molecule has 0 unspecified atom stereocenters. The summed E-state index contributed by atoms with van der Waals surface area (Å²) in [5.41, 5.74) is 0.347. The van der Waals surface area contributed by atoms with Crippen molar-refractivity contribution in [3.05, 3.63) is 65.7 Å². The van der Waals surface area contributed by atoms with Gasteiger partial charge in [0.15, 0.2) is 11.5 Å². The molecule has 0 N–H and O–H groups in total. The molecule has 1 aliphatic rings. The molecule has 8 nitrogen and oxygen atoms in total. The lowest BCUT2D eigenvalue weighted by Crippen LogP contribution is -2.49. The highest BCUT2D eigenvalue weighted by Gasteiger charge is 2.26. The van der Waals surface area contributed by atoms with Crippen molar-refractivity contribution in [2.45, 2.75) is 6.92 Å². The summed E-state index contributed by atoms with van der Waals surface area (Å²) < 4.78 is 7.32. The van der Waals surface area contributed by atoms with Gasteiger partial charge < -0.3 is 18.9 Å². The van der Waals surface area contributed by atoms with E-state index in [-0.39, 0.29) is 5.91 Å². The van der Waals surface area contributed by atoms with Gasteiger partial charge in [-0.2, -0.15) is 0 Å². The summed E-state index contributed by atoms with van der Waals surface area (Å²) >= 11 is 1.56. The Morgan fingerprint density at radius 1 is 1.03 bits per heavy atom. The zero-order chi connectivity index (χ0) is 20.5. The standard InChI is InChI=1S/C21H20N6O2S/c1-15-22-19(25-6-2-3-7-25)14-20(23-15)26-8-10-27(11-9-26)21(28)16-13-17(29-24-16)18-5-4-12-30-18/h2-7,12-14H,8-11H2,1H3. The molecule has 1 aliphatic heterocycles. The van der Waals surface area contributed by atoms with Gasteiger partial charge in [-0.25, -0.2) is 9.97 Å². The van der Waals surface area contributed by atoms with Crippen LogP contribution in [0, 0.1) is 6.92 Å². The maximum Gasteiger partial charge on any atom is 0.276 e. The molecule has 0 bridgehead atoms. The first-order valence-electron chi connectivity index (χ1n) is 9.71. The van der Waals surface area contributed by atoms with Crippen LogP contribution in [0.25, 0.3) is 16.5 Å². The first-order chi connectivity index (χ1) is 14.7. The smallest absolute Gasteiger partial charge is 0.276 e. The number of carbonyl (C=O) groups is 1. The first kappa shape index (κ1) is 18.6. The Morgan fingerprint density at radius 3 is 2.53 bits per heavy atom. The molecule has 0 aliphatic carbocycles. The van der Waals surface area contributed by atoms with Crippen molar-refractivity contribution in [1.29, 1.82) is 0 Å². The number of nitrogens with zero attached hydrogens (tertiary/aromatic N) is 6. The highest BCUT2D eigenvalue weighted by atomic mass is 32.1. The number of anilines is 1. The fourth-order valence-corrected chi connectivity index (χ4v) is 4.20. The van der Waals surface area contributed by atoms with Gasteiger partial charge >= 0.3 is 0 Å². The van der Waals surface area contributed by atoms with E-state index >= 15 is 0 Å². The largest absolute Gasteiger partial charge is 0.355 e. The van der Waals surface area contributed by atoms with Crippen LogP contribution in [0.5, 0.6) is 0 Å². The molecule has 5 rings (SSSR count). The van der Waals surface area contributed by atoms with Crippen LogP contribution in [0.4, 0.5) is 5.82 Å². The second kappa shape index (κ2) is 7.75. The van der Waals surface area contributed by atoms with Crippen molar-refractivity contribution in [3.63, 3.8) is 0 Å². The number of piperazine rings is 1. The Kier molecular flexibility index (Phi) is 4.80. The van der Waals surface area contributed by atoms with Crippen LogP contribution in [-0.2, 0) is 0 Å². The molecule has 1 fully saturated rings. The summed E-state index contributed by atoms with van der Waals surface area (Å²) in [6, 6.07) is 11.5. The summed E-state index contributed by atoms with van der Waals surface area (Å²) in [7, 11) is 0. The Morgan fingerprint density at radius 2 is 1.80 bits per heavy atom. The number of carbonyl (C=O) groups excluding carboxylic acids is 1. The van der Waals surface area contributed by atoms with Gasteiger partial charge in [-0.15, -0.1) is 11.3 Å². The molecule has 1 amide bonds. The minimum atomic E-state index is -0.104. The number of hydrogen-bond acceptors (Lipinski definition) is 7. The van der Waals surface area contributed by atoms with Crippen molar-refractivity contribution in [2.24, 2.45) is 0 Å². The van der Waals surface area contributed by atoms with E-state index in [1.807, 2.05) is 64.5 Å². The van der Waals surface area contributed by atoms with Gasteiger partial charge in [0, 0.05) is 50.7 Å². The molecule has 0 saturated carbocycles. The quantitative estimate of drug-likeness (QED) is 0.504. The predicted octanol–water partition coefficient (Wildman–Crippen LogP) is 3.25. The molecule has 152 valence electrons. The molecule has 4 aromatic rings. The van der Waals surface area contributed by atoms with Crippen LogP contribution in [0.15, 0.2) is 58.7 Å². The third-order valence-corrected chi connectivity index (χ3v) is 5.95. The average molecular weight is 420 g/mol. The van der Waals surface area contributed by atoms with E-state index in [0.29, 0.717) is 37.6 Å². The zero-order valence-corrected chi connectivity index (χ0v) is 17.2. The second-order valence-electron chi connectivity index (χ2n) is 7.05. The maximum absolute atomic E-state index is 12.8. The fraction of sp³-hybridized carbons (Fsp3) is 0.238. The summed E-state index contributed by atoms with van der Waals surface area (Å²) in [5, 5.41) is 5.95. The fourth-order valence-electron chi connectivity index (χ4n) is 3.53. The van der Waals surface area contributed by atoms with E-state index in [1.165, 1.54) is 0 Å². The van der Waals surface area contributed by atoms with Crippen LogP contribution in [-0.4, -0.2) is 56.7 Å². The van der Waals surface area contributed by atoms with Gasteiger partial charge in [0.05, 0.1) is 4.88 Å². The van der Waals surface area contributed by atoms with E-state index in [0.717, 1.165) is 22.3 Å². The van der Waals surface area contributed by atoms with Gasteiger partial charge in [0.2, 0.25) is 0 Å². The Hall–Kier alpha value is -3.46. The van der Waals surface area contributed by atoms with E-state index in [2.05, 4.69) is 20.0 Å². The first-order valence-corrected chi connectivity index (χ1v) is 10.6. The number of hydrogen-bond donors (Lipinski definition) is 0. The van der Waals surface area contributed by atoms with Crippen LogP contribution < -0.4 is 4.90 Å². The molecule has 0 spiro atoms. The van der Waals surface area contributed by atoms with Crippen molar-refractivity contribution >= 4 is 23.1 Å². The molecule has 5 heterocycles. The van der Waals surface area contributed by atoms with Crippen molar-refractivity contribution in [3.8, 4) is 16.5 Å². The van der Waals surface area contributed by atoms with Crippen molar-refractivity contribution in [1.82, 2.24) is 24.6 Å². The number of rotatable bonds is 4. The zero-order valence-electron chi connectivity index (χ0n) is 16.4. The van der Waals surface area contributed by atoms with Crippen molar-refractivity contribution < 1.29 is 9.32 Å². The van der Waals surface area contributed by atoms with Gasteiger partial charge in [-0.3, -0.25) is 4.79 Å². The summed E-state index contributed by atoms with van der Waals surface area (Å²) in [5.74, 6) is 2.96. The van der Waals surface area contributed by atoms with E-state index in [4.69, 9.17) is 4.52 Å². The van der Waals surface area contributed by atoms with Gasteiger partial charge in [0.25, 0.3) is 5.91 Å². The lowest BCUT2D eigenvalue weighted by Gasteiger charge is -2.35. The minimum absolute atomic E-state index is 0.104. The summed E-state index contributed by atoms with van der Waals surface area (Å²) in [6.07, 6.45) is 3.93. The molecule has 9 heteroatoms. The normalized spacial score (nSPS) is 14.3. The highest BCUT2D eigenvalue weighted by molar-refractivity contribution is 7.13. The van der Waals surface area contributed by atoms with Crippen molar-refractivity contribution in [2.75, 3.05) is 31.1 Å². The Balaban J connectivity index is 1.27. The topological polar surface area (TPSA) is 80.3 Å². The van der Waals surface area contributed by atoms with Gasteiger partial charge in [-0.05, 0) is 30.5 Å². The lowest BCUT2D eigenvalue weighted by molar-refractivity contribution is 0.0736. The third-order valence-electron chi connectivity index (χ3n) is 5.06. The monoisotopic (exact) mass is 420 g/mol. The molecule has 0 atom stereocenters. The maximum atomic E-state index is 12.8. The lowest BCUT2D eigenvalue weighted by atomic mass is 10.2. The van der Waals surface area contributed by atoms with Gasteiger partial charge in [0.1, 0.15) is 17.5 Å². The average Bonchev–Trinajstić information content (AvgIpc) is 3.55.